The average Bonchev–Trinajstić information content (AvgIpc) is 3.08. The lowest BCUT2D eigenvalue weighted by atomic mass is 9.85. The molecule has 2 heterocycles. The SMILES string of the molecule is CC(C)(C)c1ccc(C2C(=C([O-])c3ccc(Br)cc3)C(=O)C(=O)N2CC[NH+]2CCOCC2)cc1. The van der Waals surface area contributed by atoms with E-state index in [0.717, 1.165) is 28.7 Å². The van der Waals surface area contributed by atoms with Crippen molar-refractivity contribution in [3.05, 3.63) is 75.3 Å². The number of benzene rings is 2. The van der Waals surface area contributed by atoms with Gasteiger partial charge in [0.15, 0.2) is 0 Å². The summed E-state index contributed by atoms with van der Waals surface area (Å²) < 4.78 is 6.28. The minimum absolute atomic E-state index is 0.0288. The van der Waals surface area contributed by atoms with E-state index in [1.165, 1.54) is 4.90 Å². The van der Waals surface area contributed by atoms with Crippen molar-refractivity contribution in [1.29, 1.82) is 0 Å². The maximum Gasteiger partial charge on any atom is 0.295 e. The van der Waals surface area contributed by atoms with Gasteiger partial charge in [-0.2, -0.15) is 0 Å². The summed E-state index contributed by atoms with van der Waals surface area (Å²) >= 11 is 3.38. The molecule has 2 aliphatic rings. The number of likely N-dealkylation sites (tertiary alicyclic amines) is 1. The van der Waals surface area contributed by atoms with Crippen LogP contribution in [-0.2, 0) is 19.7 Å². The van der Waals surface area contributed by atoms with Gasteiger partial charge >= 0.3 is 0 Å². The Kier molecular flexibility index (Phi) is 7.26. The molecule has 7 heteroatoms. The van der Waals surface area contributed by atoms with Crippen molar-refractivity contribution in [3.63, 3.8) is 0 Å². The first-order chi connectivity index (χ1) is 16.2. The van der Waals surface area contributed by atoms with Crippen LogP contribution in [0.3, 0.4) is 0 Å². The van der Waals surface area contributed by atoms with E-state index in [4.69, 9.17) is 4.74 Å². The number of halogens is 1. The van der Waals surface area contributed by atoms with E-state index < -0.39 is 23.5 Å². The Morgan fingerprint density at radius 3 is 2.26 bits per heavy atom. The number of ether oxygens (including phenoxy) is 1. The molecule has 34 heavy (non-hydrogen) atoms. The fourth-order valence-electron chi connectivity index (χ4n) is 4.56. The lowest BCUT2D eigenvalue weighted by molar-refractivity contribution is -0.907. The highest BCUT2D eigenvalue weighted by Crippen LogP contribution is 2.39. The topological polar surface area (TPSA) is 74.1 Å². The number of hydrogen-bond donors (Lipinski definition) is 1. The lowest BCUT2D eigenvalue weighted by Crippen LogP contribution is -3.14. The van der Waals surface area contributed by atoms with Gasteiger partial charge in [0.05, 0.1) is 32.3 Å². The first-order valence-corrected chi connectivity index (χ1v) is 12.5. The normalized spacial score (nSPS) is 21.3. The number of amides is 1. The molecule has 0 spiro atoms. The zero-order valence-corrected chi connectivity index (χ0v) is 21.5. The van der Waals surface area contributed by atoms with Gasteiger partial charge in [-0.05, 0) is 34.2 Å². The Bertz CT molecular complexity index is 1080. The van der Waals surface area contributed by atoms with Crippen molar-refractivity contribution in [2.75, 3.05) is 39.4 Å². The van der Waals surface area contributed by atoms with Crippen molar-refractivity contribution >= 4 is 33.4 Å². The number of nitrogens with one attached hydrogen (secondary N) is 1. The quantitative estimate of drug-likeness (QED) is 0.366. The van der Waals surface area contributed by atoms with E-state index in [2.05, 4.69) is 36.7 Å². The van der Waals surface area contributed by atoms with Crippen LogP contribution in [0.5, 0.6) is 0 Å². The summed E-state index contributed by atoms with van der Waals surface area (Å²) in [5.74, 6) is -1.69. The smallest absolute Gasteiger partial charge is 0.295 e. The number of nitrogens with zero attached hydrogens (tertiary/aromatic N) is 1. The Hall–Kier alpha value is -2.48. The molecule has 180 valence electrons. The van der Waals surface area contributed by atoms with Crippen LogP contribution in [0.4, 0.5) is 0 Å². The molecule has 0 aliphatic carbocycles. The highest BCUT2D eigenvalue weighted by atomic mass is 79.9. The highest BCUT2D eigenvalue weighted by molar-refractivity contribution is 9.10. The van der Waals surface area contributed by atoms with E-state index in [1.54, 1.807) is 29.2 Å². The fraction of sp³-hybridized carbons (Fsp3) is 0.407. The molecule has 0 bridgehead atoms. The molecular formula is C27H31BrN2O4. The molecule has 0 saturated carbocycles. The van der Waals surface area contributed by atoms with Gasteiger partial charge in [-0.25, -0.2) is 0 Å². The number of morpholine rings is 1. The molecule has 2 aromatic carbocycles. The third-order valence-electron chi connectivity index (χ3n) is 6.63. The van der Waals surface area contributed by atoms with Crippen LogP contribution < -0.4 is 10.0 Å². The zero-order chi connectivity index (χ0) is 24.5. The molecular weight excluding hydrogens is 496 g/mol. The van der Waals surface area contributed by atoms with Gasteiger partial charge in [-0.3, -0.25) is 9.59 Å². The number of Topliss-reactive ketones (excluding diaryl/α,β-unsaturated/α-hetero) is 1. The van der Waals surface area contributed by atoms with Gasteiger partial charge in [-0.15, -0.1) is 0 Å². The number of quaternary nitrogens is 1. The second-order valence-electron chi connectivity index (χ2n) is 9.96. The number of carbonyl (C=O) groups excluding carboxylic acids is 2. The van der Waals surface area contributed by atoms with Gasteiger partial charge in [-0.1, -0.05) is 78.9 Å². The van der Waals surface area contributed by atoms with Crippen LogP contribution in [0.15, 0.2) is 58.6 Å². The van der Waals surface area contributed by atoms with Crippen LogP contribution in [0.25, 0.3) is 5.76 Å². The van der Waals surface area contributed by atoms with E-state index in [0.29, 0.717) is 31.9 Å². The van der Waals surface area contributed by atoms with E-state index in [9.17, 15) is 14.7 Å². The minimum Gasteiger partial charge on any atom is -0.872 e. The molecule has 1 amide bonds. The van der Waals surface area contributed by atoms with Gasteiger partial charge in [0, 0.05) is 10.0 Å². The Morgan fingerprint density at radius 2 is 1.68 bits per heavy atom. The maximum absolute atomic E-state index is 13.5. The number of hydrogen-bond acceptors (Lipinski definition) is 4. The van der Waals surface area contributed by atoms with E-state index >= 15 is 0 Å². The van der Waals surface area contributed by atoms with Crippen LogP contribution in [0, 0.1) is 0 Å². The fourth-order valence-corrected chi connectivity index (χ4v) is 4.82. The van der Waals surface area contributed by atoms with Crippen LogP contribution >= 0.6 is 15.9 Å². The minimum atomic E-state index is -0.699. The van der Waals surface area contributed by atoms with Gasteiger partial charge in [0.1, 0.15) is 13.1 Å². The summed E-state index contributed by atoms with van der Waals surface area (Å²) in [4.78, 5) is 29.2. The van der Waals surface area contributed by atoms with Crippen LogP contribution in [0.1, 0.15) is 43.5 Å². The first kappa shape index (κ1) is 24.6. The summed E-state index contributed by atoms with van der Waals surface area (Å²) in [7, 11) is 0. The molecule has 4 rings (SSSR count). The van der Waals surface area contributed by atoms with Crippen LogP contribution in [-0.4, -0.2) is 56.0 Å². The molecule has 2 fully saturated rings. The largest absolute Gasteiger partial charge is 0.872 e. The Morgan fingerprint density at radius 1 is 1.06 bits per heavy atom. The van der Waals surface area contributed by atoms with Crippen molar-refractivity contribution < 1.29 is 24.3 Å². The first-order valence-electron chi connectivity index (χ1n) is 11.7. The molecule has 2 saturated heterocycles. The standard InChI is InChI=1S/C27H31BrN2O4/c1-27(2,3)20-8-4-18(5-9-20)23-22(24(31)19-6-10-21(28)11-7-19)25(32)26(33)30(23)13-12-29-14-16-34-17-15-29/h4-11,23,31H,12-17H2,1-3H3. The molecule has 1 unspecified atom stereocenters. The monoisotopic (exact) mass is 526 g/mol. The van der Waals surface area contributed by atoms with Crippen molar-refractivity contribution in [3.8, 4) is 0 Å². The number of ketones is 1. The second kappa shape index (κ2) is 10.0. The zero-order valence-electron chi connectivity index (χ0n) is 19.9. The predicted octanol–water partition coefficient (Wildman–Crippen LogP) is 1.89. The molecule has 0 aromatic heterocycles. The molecule has 1 atom stereocenters. The highest BCUT2D eigenvalue weighted by Gasteiger charge is 2.44. The summed E-state index contributed by atoms with van der Waals surface area (Å²) in [5, 5.41) is 13.5. The molecule has 2 aliphatic heterocycles. The molecule has 2 aromatic rings. The second-order valence-corrected chi connectivity index (χ2v) is 10.9. The summed E-state index contributed by atoms with van der Waals surface area (Å²) in [6.45, 7) is 10.6. The average molecular weight is 527 g/mol. The van der Waals surface area contributed by atoms with Crippen molar-refractivity contribution in [2.45, 2.75) is 32.2 Å². The third kappa shape index (κ3) is 5.11. The van der Waals surface area contributed by atoms with Gasteiger partial charge in [0.2, 0.25) is 5.78 Å². The molecule has 1 N–H and O–H groups in total. The van der Waals surface area contributed by atoms with Gasteiger partial charge < -0.3 is 19.6 Å². The van der Waals surface area contributed by atoms with E-state index in [1.807, 2.05) is 24.3 Å². The summed E-state index contributed by atoms with van der Waals surface area (Å²) in [5.41, 5.74) is 2.34. The number of carbonyl (C=O) groups is 2. The summed E-state index contributed by atoms with van der Waals surface area (Å²) in [6.07, 6.45) is 0. The van der Waals surface area contributed by atoms with Crippen molar-refractivity contribution in [1.82, 2.24) is 4.90 Å². The Labute approximate surface area is 209 Å². The number of rotatable bonds is 5. The van der Waals surface area contributed by atoms with Gasteiger partial charge in [0.25, 0.3) is 5.91 Å². The third-order valence-corrected chi connectivity index (χ3v) is 7.16. The predicted molar refractivity (Wildman–Crippen MR) is 132 cm³/mol. The summed E-state index contributed by atoms with van der Waals surface area (Å²) in [6, 6.07) is 14.1. The van der Waals surface area contributed by atoms with E-state index in [-0.39, 0.29) is 11.0 Å². The Balaban J connectivity index is 1.74. The van der Waals surface area contributed by atoms with Crippen LogP contribution in [0.2, 0.25) is 0 Å². The maximum atomic E-state index is 13.5. The van der Waals surface area contributed by atoms with Crippen molar-refractivity contribution in [2.24, 2.45) is 0 Å². The molecule has 6 nitrogen and oxygen atoms in total. The lowest BCUT2D eigenvalue weighted by Gasteiger charge is -2.30. The molecule has 0 radical (unpaired) electrons.